The highest BCUT2D eigenvalue weighted by atomic mass is 32.1. The van der Waals surface area contributed by atoms with Crippen molar-refractivity contribution in [3.8, 4) is 0 Å². The molecule has 1 fully saturated rings. The van der Waals surface area contributed by atoms with E-state index in [1.165, 1.54) is 16.0 Å². The standard InChI is InChI=1S/C21H26N2OS/c1-3-19-16-20(25-17(19)2)21(24)23-14-12-22(13-15-23)11-7-10-18-8-5-4-6-9-18/h4-10,16H,3,11-15H2,1-2H3. The summed E-state index contributed by atoms with van der Waals surface area (Å²) >= 11 is 1.64. The van der Waals surface area contributed by atoms with Crippen LogP contribution in [0.5, 0.6) is 0 Å². The largest absolute Gasteiger partial charge is 0.335 e. The summed E-state index contributed by atoms with van der Waals surface area (Å²) in [5.41, 5.74) is 2.54. The van der Waals surface area contributed by atoms with Crippen LogP contribution in [-0.4, -0.2) is 48.4 Å². The average molecular weight is 355 g/mol. The molecule has 2 aromatic rings. The van der Waals surface area contributed by atoms with Crippen molar-refractivity contribution in [3.05, 3.63) is 63.4 Å². The Bertz CT molecular complexity index is 728. The number of nitrogens with zero attached hydrogens (tertiary/aromatic N) is 2. The zero-order valence-electron chi connectivity index (χ0n) is 15.1. The second-order valence-corrected chi connectivity index (χ2v) is 7.71. The molecular weight excluding hydrogens is 328 g/mol. The number of thiophene rings is 1. The van der Waals surface area contributed by atoms with Crippen molar-refractivity contribution in [1.29, 1.82) is 0 Å². The first kappa shape index (κ1) is 17.9. The molecule has 0 saturated carbocycles. The summed E-state index contributed by atoms with van der Waals surface area (Å²) in [6.07, 6.45) is 5.37. The van der Waals surface area contributed by atoms with Crippen molar-refractivity contribution >= 4 is 23.3 Å². The minimum absolute atomic E-state index is 0.201. The van der Waals surface area contributed by atoms with E-state index in [2.05, 4.69) is 61.2 Å². The van der Waals surface area contributed by atoms with Crippen LogP contribution < -0.4 is 0 Å². The van der Waals surface area contributed by atoms with Crippen molar-refractivity contribution in [1.82, 2.24) is 9.80 Å². The van der Waals surface area contributed by atoms with E-state index in [9.17, 15) is 4.79 Å². The zero-order chi connectivity index (χ0) is 17.6. The first-order chi connectivity index (χ1) is 12.2. The highest BCUT2D eigenvalue weighted by Crippen LogP contribution is 2.23. The van der Waals surface area contributed by atoms with E-state index in [4.69, 9.17) is 0 Å². The van der Waals surface area contributed by atoms with E-state index in [0.717, 1.165) is 44.0 Å². The van der Waals surface area contributed by atoms with Gasteiger partial charge in [0, 0.05) is 37.6 Å². The molecule has 3 nitrogen and oxygen atoms in total. The Balaban J connectivity index is 1.49. The fraction of sp³-hybridized carbons (Fsp3) is 0.381. The molecule has 1 saturated heterocycles. The van der Waals surface area contributed by atoms with Gasteiger partial charge in [-0.15, -0.1) is 11.3 Å². The Hall–Kier alpha value is -1.91. The lowest BCUT2D eigenvalue weighted by Crippen LogP contribution is -2.48. The molecule has 1 aliphatic heterocycles. The average Bonchev–Trinajstić information content (AvgIpc) is 3.03. The maximum absolute atomic E-state index is 12.7. The maximum Gasteiger partial charge on any atom is 0.264 e. The van der Waals surface area contributed by atoms with Crippen LogP contribution >= 0.6 is 11.3 Å². The lowest BCUT2D eigenvalue weighted by atomic mass is 10.2. The predicted octanol–water partition coefficient (Wildman–Crippen LogP) is 4.09. The Labute approximate surface area is 154 Å². The molecule has 3 rings (SSSR count). The number of amides is 1. The molecule has 0 bridgehead atoms. The van der Waals surface area contributed by atoms with Gasteiger partial charge in [-0.05, 0) is 30.5 Å². The molecule has 0 unspecified atom stereocenters. The molecule has 132 valence electrons. The summed E-state index contributed by atoms with van der Waals surface area (Å²) in [7, 11) is 0. The third-order valence-corrected chi connectivity index (χ3v) is 5.83. The summed E-state index contributed by atoms with van der Waals surface area (Å²) in [5.74, 6) is 0.201. The molecule has 0 atom stereocenters. The van der Waals surface area contributed by atoms with Crippen molar-refractivity contribution in [3.63, 3.8) is 0 Å². The van der Waals surface area contributed by atoms with Gasteiger partial charge in [-0.3, -0.25) is 9.69 Å². The zero-order valence-corrected chi connectivity index (χ0v) is 15.9. The molecule has 0 spiro atoms. The van der Waals surface area contributed by atoms with Gasteiger partial charge in [0.15, 0.2) is 0 Å². The number of hydrogen-bond donors (Lipinski definition) is 0. The molecule has 1 amide bonds. The van der Waals surface area contributed by atoms with E-state index in [1.807, 2.05) is 11.0 Å². The van der Waals surface area contributed by atoms with Crippen LogP contribution in [0, 0.1) is 6.92 Å². The summed E-state index contributed by atoms with van der Waals surface area (Å²) in [6, 6.07) is 12.4. The summed E-state index contributed by atoms with van der Waals surface area (Å²) < 4.78 is 0. The molecule has 4 heteroatoms. The van der Waals surface area contributed by atoms with Crippen LogP contribution in [0.15, 0.2) is 42.5 Å². The van der Waals surface area contributed by atoms with Gasteiger partial charge in [-0.25, -0.2) is 0 Å². The lowest BCUT2D eigenvalue weighted by molar-refractivity contribution is 0.0655. The first-order valence-corrected chi connectivity index (χ1v) is 9.81. The second kappa shape index (κ2) is 8.45. The Morgan fingerprint density at radius 3 is 2.52 bits per heavy atom. The highest BCUT2D eigenvalue weighted by Gasteiger charge is 2.23. The van der Waals surface area contributed by atoms with Crippen molar-refractivity contribution < 1.29 is 4.79 Å². The predicted molar refractivity (Wildman–Crippen MR) is 106 cm³/mol. The van der Waals surface area contributed by atoms with Crippen LogP contribution in [0.25, 0.3) is 6.08 Å². The van der Waals surface area contributed by atoms with Crippen LogP contribution in [0.2, 0.25) is 0 Å². The first-order valence-electron chi connectivity index (χ1n) is 9.00. The Morgan fingerprint density at radius 2 is 1.88 bits per heavy atom. The van der Waals surface area contributed by atoms with Gasteiger partial charge in [0.25, 0.3) is 5.91 Å². The van der Waals surface area contributed by atoms with E-state index >= 15 is 0 Å². The minimum Gasteiger partial charge on any atom is -0.335 e. The highest BCUT2D eigenvalue weighted by molar-refractivity contribution is 7.14. The second-order valence-electron chi connectivity index (χ2n) is 6.45. The topological polar surface area (TPSA) is 23.6 Å². The quantitative estimate of drug-likeness (QED) is 0.807. The van der Waals surface area contributed by atoms with Gasteiger partial charge in [0.1, 0.15) is 0 Å². The fourth-order valence-electron chi connectivity index (χ4n) is 3.17. The van der Waals surface area contributed by atoms with Gasteiger partial charge in [-0.2, -0.15) is 0 Å². The summed E-state index contributed by atoms with van der Waals surface area (Å²) in [5, 5.41) is 0. The van der Waals surface area contributed by atoms with Crippen LogP contribution in [0.3, 0.4) is 0 Å². The summed E-state index contributed by atoms with van der Waals surface area (Å²) in [6.45, 7) is 8.70. The molecule has 1 aromatic heterocycles. The number of carbonyl (C=O) groups is 1. The lowest BCUT2D eigenvalue weighted by Gasteiger charge is -2.33. The van der Waals surface area contributed by atoms with Crippen LogP contribution in [-0.2, 0) is 6.42 Å². The summed E-state index contributed by atoms with van der Waals surface area (Å²) in [4.78, 5) is 19.3. The third-order valence-electron chi connectivity index (χ3n) is 4.75. The van der Waals surface area contributed by atoms with Crippen molar-refractivity contribution in [2.24, 2.45) is 0 Å². The number of hydrogen-bond acceptors (Lipinski definition) is 3. The number of carbonyl (C=O) groups excluding carboxylic acids is 1. The molecule has 1 aromatic carbocycles. The normalized spacial score (nSPS) is 15.8. The van der Waals surface area contributed by atoms with Gasteiger partial charge >= 0.3 is 0 Å². The SMILES string of the molecule is CCc1cc(C(=O)N2CCN(CC=Cc3ccccc3)CC2)sc1C. The van der Waals surface area contributed by atoms with E-state index in [-0.39, 0.29) is 5.91 Å². The van der Waals surface area contributed by atoms with Gasteiger partial charge in [-0.1, -0.05) is 49.4 Å². The van der Waals surface area contributed by atoms with Gasteiger partial charge < -0.3 is 4.90 Å². The monoisotopic (exact) mass is 354 g/mol. The van der Waals surface area contributed by atoms with E-state index < -0.39 is 0 Å². The smallest absolute Gasteiger partial charge is 0.264 e. The van der Waals surface area contributed by atoms with E-state index in [1.54, 1.807) is 11.3 Å². The van der Waals surface area contributed by atoms with Gasteiger partial charge in [0.05, 0.1) is 4.88 Å². The number of aryl methyl sites for hydroxylation is 2. The molecule has 0 radical (unpaired) electrons. The molecule has 1 aliphatic rings. The van der Waals surface area contributed by atoms with Crippen LogP contribution in [0.4, 0.5) is 0 Å². The Kier molecular flexibility index (Phi) is 6.05. The Morgan fingerprint density at radius 1 is 1.16 bits per heavy atom. The fourth-order valence-corrected chi connectivity index (χ4v) is 4.25. The molecule has 2 heterocycles. The number of piperazine rings is 1. The molecule has 0 aliphatic carbocycles. The van der Waals surface area contributed by atoms with Crippen LogP contribution in [0.1, 0.15) is 32.6 Å². The van der Waals surface area contributed by atoms with E-state index in [0.29, 0.717) is 0 Å². The maximum atomic E-state index is 12.7. The minimum atomic E-state index is 0.201. The molecule has 0 N–H and O–H groups in total. The molecular formula is C21H26N2OS. The molecule has 25 heavy (non-hydrogen) atoms. The number of rotatable bonds is 5. The third kappa shape index (κ3) is 4.59. The van der Waals surface area contributed by atoms with Crippen molar-refractivity contribution in [2.45, 2.75) is 20.3 Å². The van der Waals surface area contributed by atoms with Crippen molar-refractivity contribution in [2.75, 3.05) is 32.7 Å². The number of benzene rings is 1. The van der Waals surface area contributed by atoms with Gasteiger partial charge in [0.2, 0.25) is 0 Å².